The van der Waals surface area contributed by atoms with Gasteiger partial charge in [0.05, 0.1) is 13.0 Å². The van der Waals surface area contributed by atoms with Crippen molar-refractivity contribution in [3.8, 4) is 6.01 Å². The molecule has 2 rings (SSSR count). The van der Waals surface area contributed by atoms with Crippen molar-refractivity contribution in [3.05, 3.63) is 22.4 Å². The van der Waals surface area contributed by atoms with Gasteiger partial charge in [-0.2, -0.15) is 15.0 Å². The number of aromatic nitrogens is 4. The molecule has 0 aliphatic heterocycles. The van der Waals surface area contributed by atoms with Crippen molar-refractivity contribution in [2.24, 2.45) is 0 Å². The van der Waals surface area contributed by atoms with E-state index in [-0.39, 0.29) is 12.0 Å². The van der Waals surface area contributed by atoms with E-state index in [1.165, 1.54) is 0 Å². The van der Waals surface area contributed by atoms with E-state index in [0.717, 1.165) is 11.4 Å². The first-order valence-corrected chi connectivity index (χ1v) is 6.17. The Morgan fingerprint density at radius 3 is 2.94 bits per heavy atom. The summed E-state index contributed by atoms with van der Waals surface area (Å²) in [6.07, 6.45) is 3.19. The second kappa shape index (κ2) is 5.53. The maximum atomic E-state index is 5.60. The van der Waals surface area contributed by atoms with Crippen molar-refractivity contribution in [2.45, 2.75) is 19.8 Å². The third-order valence-corrected chi connectivity index (χ3v) is 2.69. The molecule has 0 atom stereocenters. The summed E-state index contributed by atoms with van der Waals surface area (Å²) < 4.78 is 5.34. The summed E-state index contributed by atoms with van der Waals surface area (Å²) in [7, 11) is 0. The number of anilines is 1. The Hall–Kier alpha value is -1.76. The van der Waals surface area contributed by atoms with Crippen molar-refractivity contribution in [2.75, 3.05) is 12.3 Å². The van der Waals surface area contributed by atoms with Crippen molar-refractivity contribution >= 4 is 17.3 Å². The van der Waals surface area contributed by atoms with Gasteiger partial charge in [-0.1, -0.05) is 6.92 Å². The third kappa shape index (κ3) is 3.35. The Kier molecular flexibility index (Phi) is 3.81. The SMILES string of the molecule is CCCOc1nc(N)nc(Cc2nccs2)n1. The van der Waals surface area contributed by atoms with E-state index in [1.807, 2.05) is 12.3 Å². The van der Waals surface area contributed by atoms with Gasteiger partial charge in [-0.05, 0) is 6.42 Å². The Bertz CT molecular complexity index is 474. The van der Waals surface area contributed by atoms with E-state index < -0.39 is 0 Å². The summed E-state index contributed by atoms with van der Waals surface area (Å²) in [5, 5.41) is 2.85. The van der Waals surface area contributed by atoms with Crippen molar-refractivity contribution in [1.29, 1.82) is 0 Å². The molecule has 2 heterocycles. The number of nitrogens with two attached hydrogens (primary N) is 1. The fraction of sp³-hybridized carbons (Fsp3) is 0.400. The summed E-state index contributed by atoms with van der Waals surface area (Å²) in [4.78, 5) is 16.3. The minimum Gasteiger partial charge on any atom is -0.463 e. The number of rotatable bonds is 5. The lowest BCUT2D eigenvalue weighted by molar-refractivity contribution is 0.290. The highest BCUT2D eigenvalue weighted by atomic mass is 32.1. The molecular formula is C10H13N5OS. The summed E-state index contributed by atoms with van der Waals surface area (Å²) >= 11 is 1.55. The van der Waals surface area contributed by atoms with Gasteiger partial charge in [-0.25, -0.2) is 4.98 Å². The highest BCUT2D eigenvalue weighted by Crippen LogP contribution is 2.12. The van der Waals surface area contributed by atoms with Crippen LogP contribution in [0.5, 0.6) is 6.01 Å². The second-order valence-electron chi connectivity index (χ2n) is 3.34. The molecule has 7 heteroatoms. The summed E-state index contributed by atoms with van der Waals surface area (Å²) in [5.41, 5.74) is 5.60. The van der Waals surface area contributed by atoms with Crippen LogP contribution in [0.25, 0.3) is 0 Å². The number of hydrogen-bond acceptors (Lipinski definition) is 7. The molecule has 0 bridgehead atoms. The Labute approximate surface area is 103 Å². The van der Waals surface area contributed by atoms with Gasteiger partial charge in [0.15, 0.2) is 0 Å². The zero-order valence-electron chi connectivity index (χ0n) is 9.46. The van der Waals surface area contributed by atoms with Gasteiger partial charge in [-0.3, -0.25) is 0 Å². The molecule has 0 spiro atoms. The Morgan fingerprint density at radius 1 is 1.35 bits per heavy atom. The molecule has 0 aromatic carbocycles. The van der Waals surface area contributed by atoms with Gasteiger partial charge in [0.25, 0.3) is 0 Å². The van der Waals surface area contributed by atoms with Crippen LogP contribution in [0.4, 0.5) is 5.95 Å². The molecule has 17 heavy (non-hydrogen) atoms. The standard InChI is InChI=1S/C10H13N5OS/c1-2-4-16-10-14-7(13-9(11)15-10)6-8-12-3-5-17-8/h3,5H,2,4,6H2,1H3,(H2,11,13,14,15). The number of ether oxygens (including phenoxy) is 1. The lowest BCUT2D eigenvalue weighted by Crippen LogP contribution is -2.08. The fourth-order valence-corrected chi connectivity index (χ4v) is 1.84. The molecule has 2 aromatic heterocycles. The molecular weight excluding hydrogens is 238 g/mol. The molecule has 0 unspecified atom stereocenters. The zero-order chi connectivity index (χ0) is 12.1. The van der Waals surface area contributed by atoms with Crippen molar-refractivity contribution in [1.82, 2.24) is 19.9 Å². The first-order chi connectivity index (χ1) is 8.28. The predicted molar refractivity (Wildman–Crippen MR) is 64.9 cm³/mol. The molecule has 6 nitrogen and oxygen atoms in total. The van der Waals surface area contributed by atoms with E-state index in [1.54, 1.807) is 17.5 Å². The van der Waals surface area contributed by atoms with Gasteiger partial charge in [0.2, 0.25) is 5.95 Å². The monoisotopic (exact) mass is 251 g/mol. The van der Waals surface area contributed by atoms with Gasteiger partial charge in [0, 0.05) is 11.6 Å². The molecule has 0 saturated heterocycles. The summed E-state index contributed by atoms with van der Waals surface area (Å²) in [6.45, 7) is 2.58. The van der Waals surface area contributed by atoms with Crippen molar-refractivity contribution in [3.63, 3.8) is 0 Å². The minimum atomic E-state index is 0.178. The molecule has 90 valence electrons. The zero-order valence-corrected chi connectivity index (χ0v) is 10.3. The van der Waals surface area contributed by atoms with Crippen LogP contribution in [0.15, 0.2) is 11.6 Å². The van der Waals surface area contributed by atoms with Gasteiger partial charge in [0.1, 0.15) is 10.8 Å². The topological polar surface area (TPSA) is 86.8 Å². The maximum absolute atomic E-state index is 5.60. The Balaban J connectivity index is 2.13. The maximum Gasteiger partial charge on any atom is 0.321 e. The average Bonchev–Trinajstić information content (AvgIpc) is 2.78. The van der Waals surface area contributed by atoms with Crippen LogP contribution in [0.2, 0.25) is 0 Å². The molecule has 2 aromatic rings. The average molecular weight is 251 g/mol. The van der Waals surface area contributed by atoms with Crippen molar-refractivity contribution < 1.29 is 4.74 Å². The van der Waals surface area contributed by atoms with E-state index in [0.29, 0.717) is 18.9 Å². The number of hydrogen-bond donors (Lipinski definition) is 1. The highest BCUT2D eigenvalue weighted by molar-refractivity contribution is 7.09. The van der Waals surface area contributed by atoms with E-state index in [2.05, 4.69) is 19.9 Å². The van der Waals surface area contributed by atoms with Crippen LogP contribution in [-0.2, 0) is 6.42 Å². The molecule has 0 saturated carbocycles. The number of nitrogens with zero attached hydrogens (tertiary/aromatic N) is 4. The molecule has 0 aliphatic rings. The first kappa shape index (κ1) is 11.7. The molecule has 2 N–H and O–H groups in total. The lowest BCUT2D eigenvalue weighted by Gasteiger charge is -2.04. The predicted octanol–water partition coefficient (Wildman–Crippen LogP) is 1.29. The quantitative estimate of drug-likeness (QED) is 0.861. The fourth-order valence-electron chi connectivity index (χ4n) is 1.23. The molecule has 0 radical (unpaired) electrons. The summed E-state index contributed by atoms with van der Waals surface area (Å²) in [5.74, 6) is 0.760. The first-order valence-electron chi connectivity index (χ1n) is 5.29. The van der Waals surface area contributed by atoms with E-state index in [9.17, 15) is 0 Å². The van der Waals surface area contributed by atoms with Crippen LogP contribution in [0.1, 0.15) is 24.2 Å². The molecule has 0 aliphatic carbocycles. The highest BCUT2D eigenvalue weighted by Gasteiger charge is 2.07. The molecule has 0 fully saturated rings. The second-order valence-corrected chi connectivity index (χ2v) is 4.32. The van der Waals surface area contributed by atoms with Gasteiger partial charge < -0.3 is 10.5 Å². The van der Waals surface area contributed by atoms with E-state index >= 15 is 0 Å². The Morgan fingerprint density at radius 2 is 2.24 bits per heavy atom. The normalized spacial score (nSPS) is 10.4. The van der Waals surface area contributed by atoms with Crippen LogP contribution in [0, 0.1) is 0 Å². The smallest absolute Gasteiger partial charge is 0.321 e. The van der Waals surface area contributed by atoms with Crippen LogP contribution in [-0.4, -0.2) is 26.5 Å². The van der Waals surface area contributed by atoms with E-state index in [4.69, 9.17) is 10.5 Å². The summed E-state index contributed by atoms with van der Waals surface area (Å²) in [6, 6.07) is 0.283. The van der Waals surface area contributed by atoms with Crippen LogP contribution in [0.3, 0.4) is 0 Å². The third-order valence-electron chi connectivity index (χ3n) is 1.91. The van der Waals surface area contributed by atoms with Crippen LogP contribution < -0.4 is 10.5 Å². The number of thiazole rings is 1. The van der Waals surface area contributed by atoms with Gasteiger partial charge in [-0.15, -0.1) is 11.3 Å². The lowest BCUT2D eigenvalue weighted by atomic mass is 10.4. The molecule has 0 amide bonds. The largest absolute Gasteiger partial charge is 0.463 e. The number of nitrogen functional groups attached to an aromatic ring is 1. The van der Waals surface area contributed by atoms with Crippen LogP contribution >= 0.6 is 11.3 Å². The minimum absolute atomic E-state index is 0.178. The van der Waals surface area contributed by atoms with Gasteiger partial charge >= 0.3 is 6.01 Å².